The van der Waals surface area contributed by atoms with Gasteiger partial charge in [-0.1, -0.05) is 0 Å². The van der Waals surface area contributed by atoms with E-state index < -0.39 is 29.6 Å². The summed E-state index contributed by atoms with van der Waals surface area (Å²) in [5, 5.41) is 0. The van der Waals surface area contributed by atoms with Gasteiger partial charge in [-0.25, -0.2) is 4.79 Å². The molecule has 1 amide bonds. The standard InChI is InChI=1S/C15H16F2INO3/c1-4-22-13(21)15(16,17)8-14(2)10-7-9(18)5-6-11(10)19(3)12(14)20/h5-7H,4,8H2,1-3H3. The highest BCUT2D eigenvalue weighted by atomic mass is 127. The summed E-state index contributed by atoms with van der Waals surface area (Å²) in [6, 6.07) is 5.24. The number of halogens is 3. The van der Waals surface area contributed by atoms with E-state index in [1.54, 1.807) is 25.2 Å². The minimum Gasteiger partial charge on any atom is -0.462 e. The van der Waals surface area contributed by atoms with Crippen molar-refractivity contribution in [2.45, 2.75) is 31.6 Å². The Kier molecular flexibility index (Phi) is 4.47. The lowest BCUT2D eigenvalue weighted by Gasteiger charge is -2.27. The first kappa shape index (κ1) is 17.1. The van der Waals surface area contributed by atoms with Gasteiger partial charge in [0.1, 0.15) is 0 Å². The Morgan fingerprint density at radius 3 is 2.68 bits per heavy atom. The maximum absolute atomic E-state index is 14.1. The molecule has 120 valence electrons. The Morgan fingerprint density at radius 2 is 2.09 bits per heavy atom. The highest BCUT2D eigenvalue weighted by Crippen LogP contribution is 2.47. The summed E-state index contributed by atoms with van der Waals surface area (Å²) in [6.07, 6.45) is -0.908. The molecule has 0 N–H and O–H groups in total. The number of alkyl halides is 2. The smallest absolute Gasteiger partial charge is 0.377 e. The van der Waals surface area contributed by atoms with Gasteiger partial charge in [-0.3, -0.25) is 4.79 Å². The Morgan fingerprint density at radius 1 is 1.45 bits per heavy atom. The van der Waals surface area contributed by atoms with Crippen LogP contribution >= 0.6 is 22.6 Å². The van der Waals surface area contributed by atoms with E-state index in [1.807, 2.05) is 0 Å². The van der Waals surface area contributed by atoms with Gasteiger partial charge < -0.3 is 9.64 Å². The minimum atomic E-state index is -3.72. The summed E-state index contributed by atoms with van der Waals surface area (Å²) in [4.78, 5) is 25.3. The fourth-order valence-electron chi connectivity index (χ4n) is 2.76. The Labute approximate surface area is 140 Å². The Balaban J connectivity index is 2.44. The molecular weight excluding hydrogens is 407 g/mol. The minimum absolute atomic E-state index is 0.131. The molecule has 22 heavy (non-hydrogen) atoms. The highest BCUT2D eigenvalue weighted by Gasteiger charge is 2.55. The van der Waals surface area contributed by atoms with Gasteiger partial charge >= 0.3 is 11.9 Å². The second-order valence-corrected chi connectivity index (χ2v) is 6.71. The number of fused-ring (bicyclic) bond motifs is 1. The van der Waals surface area contributed by atoms with Crippen LogP contribution < -0.4 is 4.90 Å². The van der Waals surface area contributed by atoms with Crippen LogP contribution in [-0.2, 0) is 19.7 Å². The van der Waals surface area contributed by atoms with Gasteiger partial charge in [0.2, 0.25) is 5.91 Å². The molecule has 0 radical (unpaired) electrons. The maximum Gasteiger partial charge on any atom is 0.377 e. The molecule has 2 rings (SSSR count). The fourth-order valence-corrected chi connectivity index (χ4v) is 3.25. The number of carbonyl (C=O) groups is 2. The molecule has 1 aromatic carbocycles. The summed E-state index contributed by atoms with van der Waals surface area (Å²) in [5.41, 5.74) is -0.356. The lowest BCUT2D eigenvalue weighted by molar-refractivity contribution is -0.174. The predicted octanol–water partition coefficient (Wildman–Crippen LogP) is 3.11. The molecule has 0 fully saturated rings. The van der Waals surface area contributed by atoms with E-state index in [0.29, 0.717) is 11.3 Å². The number of carbonyl (C=O) groups excluding carboxylic acids is 2. The van der Waals surface area contributed by atoms with Gasteiger partial charge in [0.05, 0.1) is 12.0 Å². The van der Waals surface area contributed by atoms with Crippen LogP contribution in [0.15, 0.2) is 18.2 Å². The number of likely N-dealkylation sites (N-methyl/N-ethyl adjacent to an activating group) is 1. The maximum atomic E-state index is 14.1. The molecule has 4 nitrogen and oxygen atoms in total. The molecule has 7 heteroatoms. The molecule has 0 aliphatic carbocycles. The zero-order valence-corrected chi connectivity index (χ0v) is 14.6. The van der Waals surface area contributed by atoms with Gasteiger partial charge in [0, 0.05) is 22.7 Å². The summed E-state index contributed by atoms with van der Waals surface area (Å²) < 4.78 is 33.6. The van der Waals surface area contributed by atoms with Crippen LogP contribution in [0.3, 0.4) is 0 Å². The molecule has 1 aliphatic rings. The first-order valence-electron chi connectivity index (χ1n) is 6.76. The number of hydrogen-bond donors (Lipinski definition) is 0. The van der Waals surface area contributed by atoms with Crippen LogP contribution in [0.1, 0.15) is 25.8 Å². The zero-order valence-electron chi connectivity index (χ0n) is 12.5. The van der Waals surface area contributed by atoms with Crippen LogP contribution in [0.4, 0.5) is 14.5 Å². The van der Waals surface area contributed by atoms with Crippen molar-refractivity contribution >= 4 is 40.2 Å². The molecular formula is C15H16F2INO3. The van der Waals surface area contributed by atoms with E-state index in [4.69, 9.17) is 0 Å². The van der Waals surface area contributed by atoms with Gasteiger partial charge in [0.25, 0.3) is 0 Å². The molecule has 0 aromatic heterocycles. The van der Waals surface area contributed by atoms with Crippen molar-refractivity contribution < 1.29 is 23.1 Å². The quantitative estimate of drug-likeness (QED) is 0.553. The summed E-state index contributed by atoms with van der Waals surface area (Å²) in [5.74, 6) is -5.76. The van der Waals surface area contributed by atoms with Crippen LogP contribution in [0, 0.1) is 3.57 Å². The number of esters is 1. The summed E-state index contributed by atoms with van der Waals surface area (Å²) in [7, 11) is 1.54. The molecule has 0 saturated heterocycles. The van der Waals surface area contributed by atoms with E-state index in [2.05, 4.69) is 27.3 Å². The number of nitrogens with zero attached hydrogens (tertiary/aromatic N) is 1. The van der Waals surface area contributed by atoms with Crippen molar-refractivity contribution in [1.82, 2.24) is 0 Å². The molecule has 0 spiro atoms. The normalized spacial score (nSPS) is 21.0. The number of anilines is 1. The third-order valence-corrected chi connectivity index (χ3v) is 4.51. The Hall–Kier alpha value is -1.25. The van der Waals surface area contributed by atoms with Crippen LogP contribution in [-0.4, -0.2) is 31.5 Å². The number of ether oxygens (including phenoxy) is 1. The monoisotopic (exact) mass is 423 g/mol. The highest BCUT2D eigenvalue weighted by molar-refractivity contribution is 14.1. The zero-order chi connectivity index (χ0) is 16.7. The average molecular weight is 423 g/mol. The second-order valence-electron chi connectivity index (χ2n) is 5.46. The first-order chi connectivity index (χ1) is 10.1. The molecule has 0 bridgehead atoms. The lowest BCUT2D eigenvalue weighted by atomic mass is 9.78. The molecule has 1 unspecified atom stereocenters. The number of benzene rings is 1. The van der Waals surface area contributed by atoms with Crippen LogP contribution in [0.5, 0.6) is 0 Å². The fraction of sp³-hybridized carbons (Fsp3) is 0.467. The second kappa shape index (κ2) is 5.75. The van der Waals surface area contributed by atoms with Crippen molar-refractivity contribution in [3.05, 3.63) is 27.3 Å². The summed E-state index contributed by atoms with van der Waals surface area (Å²) >= 11 is 2.06. The lowest BCUT2D eigenvalue weighted by Crippen LogP contribution is -2.44. The molecule has 1 aliphatic heterocycles. The number of rotatable bonds is 4. The van der Waals surface area contributed by atoms with Crippen molar-refractivity contribution in [2.75, 3.05) is 18.6 Å². The van der Waals surface area contributed by atoms with Gasteiger partial charge in [-0.05, 0) is 60.2 Å². The third-order valence-electron chi connectivity index (χ3n) is 3.84. The Bertz CT molecular complexity index is 635. The van der Waals surface area contributed by atoms with Gasteiger partial charge in [-0.15, -0.1) is 0 Å². The predicted molar refractivity (Wildman–Crippen MR) is 86.1 cm³/mol. The van der Waals surface area contributed by atoms with E-state index in [0.717, 1.165) is 3.57 Å². The van der Waals surface area contributed by atoms with Crippen LogP contribution in [0.25, 0.3) is 0 Å². The average Bonchev–Trinajstić information content (AvgIpc) is 2.61. The van der Waals surface area contributed by atoms with E-state index in [9.17, 15) is 18.4 Å². The van der Waals surface area contributed by atoms with Gasteiger partial charge in [0.15, 0.2) is 0 Å². The summed E-state index contributed by atoms with van der Waals surface area (Å²) in [6.45, 7) is 2.77. The van der Waals surface area contributed by atoms with E-state index >= 15 is 0 Å². The van der Waals surface area contributed by atoms with Crippen molar-refractivity contribution in [3.63, 3.8) is 0 Å². The molecule has 0 saturated carbocycles. The molecule has 1 atom stereocenters. The third kappa shape index (κ3) is 2.70. The van der Waals surface area contributed by atoms with Crippen molar-refractivity contribution in [3.8, 4) is 0 Å². The number of amides is 1. The SMILES string of the molecule is CCOC(=O)C(F)(F)CC1(C)C(=O)N(C)c2ccc(I)cc21. The van der Waals surface area contributed by atoms with Crippen LogP contribution in [0.2, 0.25) is 0 Å². The number of hydrogen-bond acceptors (Lipinski definition) is 3. The van der Waals surface area contributed by atoms with Gasteiger partial charge in [-0.2, -0.15) is 8.78 Å². The largest absolute Gasteiger partial charge is 0.462 e. The molecule has 1 heterocycles. The van der Waals surface area contributed by atoms with Crippen molar-refractivity contribution in [1.29, 1.82) is 0 Å². The molecule has 1 aromatic rings. The van der Waals surface area contributed by atoms with Crippen molar-refractivity contribution in [2.24, 2.45) is 0 Å². The van der Waals surface area contributed by atoms with E-state index in [1.165, 1.54) is 18.7 Å². The topological polar surface area (TPSA) is 46.6 Å². The van der Waals surface area contributed by atoms with E-state index in [-0.39, 0.29) is 6.61 Å². The first-order valence-corrected chi connectivity index (χ1v) is 7.84.